The molecule has 150 valence electrons. The van der Waals surface area contributed by atoms with Gasteiger partial charge in [-0.25, -0.2) is 0 Å². The molecule has 0 aromatic carbocycles. The second kappa shape index (κ2) is 12.0. The van der Waals surface area contributed by atoms with Gasteiger partial charge in [-0.3, -0.25) is 9.89 Å². The summed E-state index contributed by atoms with van der Waals surface area (Å²) < 4.78 is 5.52. The van der Waals surface area contributed by atoms with E-state index in [4.69, 9.17) is 4.74 Å². The van der Waals surface area contributed by atoms with E-state index in [1.165, 1.54) is 14.6 Å². The van der Waals surface area contributed by atoms with Crippen LogP contribution in [0.4, 0.5) is 0 Å². The van der Waals surface area contributed by atoms with Crippen LogP contribution in [-0.4, -0.2) is 50.8 Å². The van der Waals surface area contributed by atoms with Crippen LogP contribution in [0.3, 0.4) is 0 Å². The fraction of sp³-hybridized carbons (Fsp3) is 0.526. The van der Waals surface area contributed by atoms with Crippen molar-refractivity contribution in [3.8, 4) is 0 Å². The van der Waals surface area contributed by atoms with Gasteiger partial charge in [0.2, 0.25) is 0 Å². The molecular weight excluding hydrogens is 491 g/mol. The Labute approximate surface area is 187 Å². The Bertz CT molecular complexity index is 684. The molecule has 0 saturated carbocycles. The van der Waals surface area contributed by atoms with Crippen LogP contribution in [0, 0.1) is 0 Å². The predicted octanol–water partition coefficient (Wildman–Crippen LogP) is 3.73. The van der Waals surface area contributed by atoms with Gasteiger partial charge in [0, 0.05) is 41.3 Å². The molecule has 0 radical (unpaired) electrons. The lowest BCUT2D eigenvalue weighted by molar-refractivity contribution is 0.0177. The van der Waals surface area contributed by atoms with Crippen molar-refractivity contribution in [3.05, 3.63) is 44.3 Å². The van der Waals surface area contributed by atoms with Gasteiger partial charge in [-0.15, -0.1) is 46.7 Å². The minimum Gasteiger partial charge on any atom is -0.379 e. The van der Waals surface area contributed by atoms with Gasteiger partial charge in [-0.2, -0.15) is 0 Å². The highest BCUT2D eigenvalue weighted by Gasteiger charge is 2.23. The Morgan fingerprint density at radius 1 is 1.22 bits per heavy atom. The van der Waals surface area contributed by atoms with Crippen molar-refractivity contribution in [2.45, 2.75) is 25.9 Å². The molecule has 3 heterocycles. The third-order valence-corrected chi connectivity index (χ3v) is 6.74. The van der Waals surface area contributed by atoms with Crippen molar-refractivity contribution < 1.29 is 4.74 Å². The number of halogens is 1. The van der Waals surface area contributed by atoms with Crippen LogP contribution in [0.15, 0.2) is 34.6 Å². The molecular formula is C19H29IN4OS2. The fourth-order valence-corrected chi connectivity index (χ4v) is 4.83. The van der Waals surface area contributed by atoms with Crippen LogP contribution in [0.25, 0.3) is 0 Å². The number of nitrogens with zero attached hydrogens (tertiary/aromatic N) is 2. The van der Waals surface area contributed by atoms with E-state index in [0.29, 0.717) is 6.04 Å². The Kier molecular flexibility index (Phi) is 10.1. The number of rotatable bonds is 7. The summed E-state index contributed by atoms with van der Waals surface area (Å²) in [6, 6.07) is 9.11. The van der Waals surface area contributed by atoms with Gasteiger partial charge in [-0.05, 0) is 30.0 Å². The molecule has 27 heavy (non-hydrogen) atoms. The number of thiophene rings is 2. The van der Waals surface area contributed by atoms with Gasteiger partial charge in [-0.1, -0.05) is 13.0 Å². The fourth-order valence-electron chi connectivity index (χ4n) is 3.07. The highest BCUT2D eigenvalue weighted by atomic mass is 127. The van der Waals surface area contributed by atoms with Crippen molar-refractivity contribution in [1.29, 1.82) is 0 Å². The minimum atomic E-state index is 0. The second-order valence-electron chi connectivity index (χ2n) is 6.21. The summed E-state index contributed by atoms with van der Waals surface area (Å²) in [5.74, 6) is 0.853. The maximum atomic E-state index is 5.52. The summed E-state index contributed by atoms with van der Waals surface area (Å²) in [5, 5.41) is 9.10. The molecule has 0 bridgehead atoms. The van der Waals surface area contributed by atoms with E-state index in [1.807, 2.05) is 29.7 Å². The molecule has 5 nitrogen and oxygen atoms in total. The van der Waals surface area contributed by atoms with E-state index >= 15 is 0 Å². The zero-order valence-electron chi connectivity index (χ0n) is 15.9. The SMILES string of the molecule is CCc1ccc(CNC(=NC)NCC(c2cccs2)N2CCOCC2)s1.I. The van der Waals surface area contributed by atoms with Crippen molar-refractivity contribution in [2.75, 3.05) is 39.9 Å². The lowest BCUT2D eigenvalue weighted by atomic mass is 10.2. The van der Waals surface area contributed by atoms with Crippen LogP contribution in [0.5, 0.6) is 0 Å². The van der Waals surface area contributed by atoms with Crippen molar-refractivity contribution in [2.24, 2.45) is 4.99 Å². The molecule has 3 rings (SSSR count). The highest BCUT2D eigenvalue weighted by molar-refractivity contribution is 14.0. The van der Waals surface area contributed by atoms with E-state index < -0.39 is 0 Å². The molecule has 1 aliphatic heterocycles. The largest absolute Gasteiger partial charge is 0.379 e. The molecule has 1 saturated heterocycles. The summed E-state index contributed by atoms with van der Waals surface area (Å²) in [5.41, 5.74) is 0. The summed E-state index contributed by atoms with van der Waals surface area (Å²) in [4.78, 5) is 11.0. The molecule has 2 N–H and O–H groups in total. The van der Waals surface area contributed by atoms with Crippen molar-refractivity contribution in [1.82, 2.24) is 15.5 Å². The first-order chi connectivity index (χ1) is 12.8. The number of hydrogen-bond acceptors (Lipinski definition) is 5. The average molecular weight is 521 g/mol. The minimum absolute atomic E-state index is 0. The van der Waals surface area contributed by atoms with Gasteiger partial charge in [0.15, 0.2) is 5.96 Å². The molecule has 2 aromatic rings. The average Bonchev–Trinajstić information content (AvgIpc) is 3.37. The molecule has 2 aromatic heterocycles. The number of morpholine rings is 1. The van der Waals surface area contributed by atoms with E-state index in [2.05, 4.69) is 57.1 Å². The molecule has 0 aliphatic carbocycles. The topological polar surface area (TPSA) is 48.9 Å². The number of ether oxygens (including phenoxy) is 1. The van der Waals surface area contributed by atoms with Crippen LogP contribution in [0.2, 0.25) is 0 Å². The predicted molar refractivity (Wildman–Crippen MR) is 127 cm³/mol. The quantitative estimate of drug-likeness (QED) is 0.332. The molecule has 1 atom stereocenters. The van der Waals surface area contributed by atoms with Crippen LogP contribution in [0.1, 0.15) is 27.6 Å². The summed E-state index contributed by atoms with van der Waals surface area (Å²) in [6.07, 6.45) is 1.10. The van der Waals surface area contributed by atoms with E-state index in [9.17, 15) is 0 Å². The van der Waals surface area contributed by atoms with Crippen LogP contribution in [-0.2, 0) is 17.7 Å². The Balaban J connectivity index is 0.00000261. The Hall–Kier alpha value is -0.680. The monoisotopic (exact) mass is 520 g/mol. The number of hydrogen-bond donors (Lipinski definition) is 2. The van der Waals surface area contributed by atoms with Crippen LogP contribution >= 0.6 is 46.7 Å². The number of nitrogens with one attached hydrogen (secondary N) is 2. The number of aryl methyl sites for hydroxylation is 1. The normalized spacial score (nSPS) is 16.6. The molecule has 1 unspecified atom stereocenters. The van der Waals surface area contributed by atoms with Gasteiger partial charge in [0.1, 0.15) is 0 Å². The number of aliphatic imine (C=N–C) groups is 1. The lowest BCUT2D eigenvalue weighted by Gasteiger charge is -2.34. The van der Waals surface area contributed by atoms with Gasteiger partial charge >= 0.3 is 0 Å². The smallest absolute Gasteiger partial charge is 0.191 e. The zero-order chi connectivity index (χ0) is 18.2. The third-order valence-electron chi connectivity index (χ3n) is 4.54. The first-order valence-electron chi connectivity index (χ1n) is 9.17. The summed E-state index contributed by atoms with van der Waals surface area (Å²) in [7, 11) is 1.83. The molecule has 0 spiro atoms. The maximum Gasteiger partial charge on any atom is 0.191 e. The zero-order valence-corrected chi connectivity index (χ0v) is 19.9. The van der Waals surface area contributed by atoms with Crippen LogP contribution < -0.4 is 10.6 Å². The molecule has 1 fully saturated rings. The summed E-state index contributed by atoms with van der Waals surface area (Å²) >= 11 is 3.68. The molecule has 1 aliphatic rings. The standard InChI is InChI=1S/C19H28N4OS2.HI/c1-3-15-6-7-16(26-15)13-21-19(20-2)22-14-17(18-5-4-12-25-18)23-8-10-24-11-9-23;/h4-7,12,17H,3,8-11,13-14H2,1-2H3,(H2,20,21,22);1H. The molecule has 8 heteroatoms. The van der Waals surface area contributed by atoms with E-state index in [1.54, 1.807) is 0 Å². The van der Waals surface area contributed by atoms with E-state index in [-0.39, 0.29) is 24.0 Å². The van der Waals surface area contributed by atoms with Gasteiger partial charge < -0.3 is 15.4 Å². The summed E-state index contributed by atoms with van der Waals surface area (Å²) in [6.45, 7) is 7.42. The van der Waals surface area contributed by atoms with Crippen molar-refractivity contribution >= 4 is 52.6 Å². The first kappa shape index (κ1) is 22.6. The lowest BCUT2D eigenvalue weighted by Crippen LogP contribution is -2.45. The number of guanidine groups is 1. The third kappa shape index (κ3) is 6.70. The highest BCUT2D eigenvalue weighted by Crippen LogP contribution is 2.25. The first-order valence-corrected chi connectivity index (χ1v) is 10.9. The van der Waals surface area contributed by atoms with Gasteiger partial charge in [0.25, 0.3) is 0 Å². The van der Waals surface area contributed by atoms with Crippen molar-refractivity contribution in [3.63, 3.8) is 0 Å². The Morgan fingerprint density at radius 3 is 2.63 bits per heavy atom. The second-order valence-corrected chi connectivity index (χ2v) is 8.44. The Morgan fingerprint density at radius 2 is 2.00 bits per heavy atom. The maximum absolute atomic E-state index is 5.52. The van der Waals surface area contributed by atoms with Gasteiger partial charge in [0.05, 0.1) is 25.8 Å². The van der Waals surface area contributed by atoms with E-state index in [0.717, 1.165) is 51.8 Å². The molecule has 0 amide bonds.